The molecule has 2 atom stereocenters. The van der Waals surface area contributed by atoms with Gasteiger partial charge >= 0.3 is 0 Å². The highest BCUT2D eigenvalue weighted by atomic mass is 32.1. The van der Waals surface area contributed by atoms with Gasteiger partial charge in [-0.25, -0.2) is 4.98 Å². The van der Waals surface area contributed by atoms with Gasteiger partial charge in [-0.05, 0) is 18.3 Å². The van der Waals surface area contributed by atoms with Crippen LogP contribution in [0.1, 0.15) is 57.0 Å². The minimum atomic E-state index is 0.505. The molecule has 0 bridgehead atoms. The molecule has 0 aliphatic rings. The molecule has 1 aromatic heterocycles. The van der Waals surface area contributed by atoms with Gasteiger partial charge in [-0.1, -0.05) is 34.1 Å². The number of hydrogen-bond donors (Lipinski definition) is 1. The van der Waals surface area contributed by atoms with Crippen LogP contribution in [0.3, 0.4) is 0 Å². The lowest BCUT2D eigenvalue weighted by atomic mass is 10.0. The molecule has 104 valence electrons. The summed E-state index contributed by atoms with van der Waals surface area (Å²) in [5.41, 5.74) is 7.04. The fourth-order valence-electron chi connectivity index (χ4n) is 1.91. The Bertz CT molecular complexity index is 362. The van der Waals surface area contributed by atoms with E-state index < -0.39 is 0 Å². The van der Waals surface area contributed by atoms with Crippen molar-refractivity contribution in [2.75, 3.05) is 18.5 Å². The summed E-state index contributed by atoms with van der Waals surface area (Å²) < 4.78 is 0. The molecule has 0 aliphatic heterocycles. The largest absolute Gasteiger partial charge is 0.351 e. The number of thiazole rings is 1. The molecule has 0 radical (unpaired) electrons. The average molecular weight is 269 g/mol. The molecule has 4 heteroatoms. The topological polar surface area (TPSA) is 42.2 Å². The summed E-state index contributed by atoms with van der Waals surface area (Å²) in [6, 6.07) is 0. The Balaban J connectivity index is 2.87. The van der Waals surface area contributed by atoms with Gasteiger partial charge in [-0.2, -0.15) is 0 Å². The number of rotatable bonds is 7. The van der Waals surface area contributed by atoms with Crippen LogP contribution in [0, 0.1) is 5.92 Å². The van der Waals surface area contributed by atoms with Gasteiger partial charge in [0.1, 0.15) is 0 Å². The third-order valence-electron chi connectivity index (χ3n) is 3.59. The van der Waals surface area contributed by atoms with Gasteiger partial charge in [0.2, 0.25) is 0 Å². The van der Waals surface area contributed by atoms with Crippen molar-refractivity contribution in [2.24, 2.45) is 11.7 Å². The van der Waals surface area contributed by atoms with Crippen molar-refractivity contribution < 1.29 is 0 Å². The van der Waals surface area contributed by atoms with E-state index in [-0.39, 0.29) is 0 Å². The first-order valence-corrected chi connectivity index (χ1v) is 7.75. The lowest BCUT2D eigenvalue weighted by molar-refractivity contribution is 0.559. The fraction of sp³-hybridized carbons (Fsp3) is 0.786. The van der Waals surface area contributed by atoms with Gasteiger partial charge in [-0.3, -0.25) is 0 Å². The number of anilines is 1. The van der Waals surface area contributed by atoms with Crippen molar-refractivity contribution in [3.05, 3.63) is 10.6 Å². The zero-order valence-corrected chi connectivity index (χ0v) is 13.2. The Morgan fingerprint density at radius 2 is 1.94 bits per heavy atom. The average Bonchev–Trinajstić information content (AvgIpc) is 2.81. The van der Waals surface area contributed by atoms with Gasteiger partial charge < -0.3 is 10.6 Å². The number of nitrogens with zero attached hydrogens (tertiary/aromatic N) is 2. The van der Waals surface area contributed by atoms with Crippen LogP contribution in [0.5, 0.6) is 0 Å². The van der Waals surface area contributed by atoms with Crippen LogP contribution < -0.4 is 10.6 Å². The smallest absolute Gasteiger partial charge is 0.185 e. The molecule has 0 fully saturated rings. The van der Waals surface area contributed by atoms with E-state index in [4.69, 9.17) is 10.7 Å². The second-order valence-corrected chi connectivity index (χ2v) is 6.27. The number of nitrogens with two attached hydrogens (primary N) is 1. The van der Waals surface area contributed by atoms with Crippen LogP contribution >= 0.6 is 11.3 Å². The molecule has 0 saturated carbocycles. The lowest BCUT2D eigenvalue weighted by Crippen LogP contribution is -2.23. The molecule has 2 unspecified atom stereocenters. The van der Waals surface area contributed by atoms with E-state index in [1.807, 2.05) is 0 Å². The lowest BCUT2D eigenvalue weighted by Gasteiger charge is -2.19. The van der Waals surface area contributed by atoms with E-state index in [1.165, 1.54) is 17.0 Å². The molecule has 1 rings (SSSR count). The summed E-state index contributed by atoms with van der Waals surface area (Å²) in [5.74, 6) is 1.21. The molecule has 3 nitrogen and oxygen atoms in total. The van der Waals surface area contributed by atoms with Crippen molar-refractivity contribution in [3.63, 3.8) is 0 Å². The molecule has 0 aliphatic carbocycles. The summed E-state index contributed by atoms with van der Waals surface area (Å²) >= 11 is 1.75. The fourth-order valence-corrected chi connectivity index (χ4v) is 2.94. The van der Waals surface area contributed by atoms with E-state index in [0.29, 0.717) is 18.4 Å². The molecule has 18 heavy (non-hydrogen) atoms. The minimum Gasteiger partial charge on any atom is -0.351 e. The third kappa shape index (κ3) is 3.69. The van der Waals surface area contributed by atoms with Crippen molar-refractivity contribution in [1.29, 1.82) is 0 Å². The summed E-state index contributed by atoms with van der Waals surface area (Å²) in [5, 5.41) is 1.12. The zero-order valence-electron chi connectivity index (χ0n) is 12.4. The standard InChI is InChI=1S/C14H27N3S/c1-6-10(3)9-17(5)14-16-13(11(4)7-2)12(8-15)18-14/h10-11H,6-9,15H2,1-5H3. The van der Waals surface area contributed by atoms with E-state index in [0.717, 1.165) is 18.1 Å². The second kappa shape index (κ2) is 7.10. The van der Waals surface area contributed by atoms with Gasteiger partial charge in [-0.15, -0.1) is 11.3 Å². The normalized spacial score (nSPS) is 14.6. The molecule has 1 aromatic rings. The van der Waals surface area contributed by atoms with Crippen molar-refractivity contribution in [3.8, 4) is 0 Å². The molecule has 0 saturated heterocycles. The van der Waals surface area contributed by atoms with Crippen LogP contribution in [0.15, 0.2) is 0 Å². The Hall–Kier alpha value is -0.610. The van der Waals surface area contributed by atoms with Gasteiger partial charge in [0.15, 0.2) is 5.13 Å². The highest BCUT2D eigenvalue weighted by Crippen LogP contribution is 2.31. The van der Waals surface area contributed by atoms with Crippen molar-refractivity contribution in [1.82, 2.24) is 4.98 Å². The second-order valence-electron chi connectivity index (χ2n) is 5.21. The summed E-state index contributed by atoms with van der Waals surface area (Å²) in [6.45, 7) is 10.6. The van der Waals surface area contributed by atoms with Gasteiger partial charge in [0, 0.05) is 25.0 Å². The molecule has 0 spiro atoms. The summed E-state index contributed by atoms with van der Waals surface area (Å²) in [4.78, 5) is 8.32. The van der Waals surface area contributed by atoms with Gasteiger partial charge in [0.05, 0.1) is 5.69 Å². The molecular formula is C14H27N3S. The van der Waals surface area contributed by atoms with Crippen LogP contribution in [-0.2, 0) is 6.54 Å². The quantitative estimate of drug-likeness (QED) is 0.822. The summed E-state index contributed by atoms with van der Waals surface area (Å²) in [7, 11) is 2.13. The maximum Gasteiger partial charge on any atom is 0.185 e. The monoisotopic (exact) mass is 269 g/mol. The first-order chi connectivity index (χ1) is 8.53. The Labute approximate surface area is 115 Å². The maximum absolute atomic E-state index is 5.84. The number of aromatic nitrogens is 1. The first-order valence-electron chi connectivity index (χ1n) is 6.94. The van der Waals surface area contributed by atoms with E-state index in [1.54, 1.807) is 11.3 Å². The predicted octanol–water partition coefficient (Wildman–Crippen LogP) is 3.60. The molecule has 0 aromatic carbocycles. The Morgan fingerprint density at radius 3 is 2.44 bits per heavy atom. The minimum absolute atomic E-state index is 0.505. The van der Waals surface area contributed by atoms with Crippen LogP contribution in [0.2, 0.25) is 0 Å². The van der Waals surface area contributed by atoms with Crippen molar-refractivity contribution in [2.45, 2.75) is 53.0 Å². The zero-order chi connectivity index (χ0) is 13.7. The van der Waals surface area contributed by atoms with Crippen LogP contribution in [-0.4, -0.2) is 18.6 Å². The highest BCUT2D eigenvalue weighted by molar-refractivity contribution is 7.15. The SMILES string of the molecule is CCC(C)CN(C)c1nc(C(C)CC)c(CN)s1. The molecular weight excluding hydrogens is 242 g/mol. The molecule has 1 heterocycles. The van der Waals surface area contributed by atoms with E-state index in [9.17, 15) is 0 Å². The van der Waals surface area contributed by atoms with E-state index in [2.05, 4.69) is 39.6 Å². The molecule has 0 amide bonds. The molecule has 2 N–H and O–H groups in total. The highest BCUT2D eigenvalue weighted by Gasteiger charge is 2.17. The number of hydrogen-bond acceptors (Lipinski definition) is 4. The maximum atomic E-state index is 5.84. The summed E-state index contributed by atoms with van der Waals surface area (Å²) in [6.07, 6.45) is 2.32. The Kier molecular flexibility index (Phi) is 6.09. The predicted molar refractivity (Wildman–Crippen MR) is 81.4 cm³/mol. The van der Waals surface area contributed by atoms with Crippen molar-refractivity contribution >= 4 is 16.5 Å². The Morgan fingerprint density at radius 1 is 1.28 bits per heavy atom. The third-order valence-corrected chi connectivity index (χ3v) is 4.80. The van der Waals surface area contributed by atoms with Crippen LogP contribution in [0.25, 0.3) is 0 Å². The van der Waals surface area contributed by atoms with Crippen LogP contribution in [0.4, 0.5) is 5.13 Å². The van der Waals surface area contributed by atoms with Gasteiger partial charge in [0.25, 0.3) is 0 Å². The first kappa shape index (κ1) is 15.4. The van der Waals surface area contributed by atoms with E-state index >= 15 is 0 Å².